The first-order valence-corrected chi connectivity index (χ1v) is 7.57. The van der Waals surface area contributed by atoms with Gasteiger partial charge in [-0.25, -0.2) is 4.79 Å². The van der Waals surface area contributed by atoms with E-state index in [2.05, 4.69) is 0 Å². The highest BCUT2D eigenvalue weighted by atomic mass is 35.5. The van der Waals surface area contributed by atoms with Crippen molar-refractivity contribution in [3.8, 4) is 0 Å². The molecule has 0 atom stereocenters. The molecule has 1 heterocycles. The van der Waals surface area contributed by atoms with Gasteiger partial charge in [0.1, 0.15) is 10.7 Å². The Hall–Kier alpha value is -1.68. The zero-order valence-electron chi connectivity index (χ0n) is 11.2. The number of carbonyl (C=O) groups is 1. The van der Waals surface area contributed by atoms with Gasteiger partial charge in [0, 0.05) is 21.0 Å². The molecule has 3 nitrogen and oxygen atoms in total. The number of hydrogen-bond donors (Lipinski definition) is 1. The smallest absolute Gasteiger partial charge is 0.339 e. The molecule has 0 spiro atoms. The summed E-state index contributed by atoms with van der Waals surface area (Å²) in [6.45, 7) is 0.297. The maximum Gasteiger partial charge on any atom is 0.339 e. The van der Waals surface area contributed by atoms with Gasteiger partial charge in [-0.15, -0.1) is 0 Å². The van der Waals surface area contributed by atoms with E-state index in [0.717, 1.165) is 5.52 Å². The summed E-state index contributed by atoms with van der Waals surface area (Å²) in [5, 5.41) is 11.2. The fourth-order valence-corrected chi connectivity index (χ4v) is 3.32. The highest BCUT2D eigenvalue weighted by Crippen LogP contribution is 2.33. The number of carboxylic acid groups (broad SMARTS) is 1. The second kappa shape index (κ2) is 5.84. The average molecular weight is 355 g/mol. The fourth-order valence-electron chi connectivity index (χ4n) is 2.47. The molecule has 0 unspecified atom stereocenters. The van der Waals surface area contributed by atoms with E-state index in [-0.39, 0.29) is 10.7 Å². The molecule has 112 valence electrons. The van der Waals surface area contributed by atoms with Gasteiger partial charge in [-0.1, -0.05) is 59.1 Å². The van der Waals surface area contributed by atoms with Crippen LogP contribution < -0.4 is 0 Å². The summed E-state index contributed by atoms with van der Waals surface area (Å²) in [5.41, 5.74) is 1.51. The lowest BCUT2D eigenvalue weighted by atomic mass is 10.2. The Morgan fingerprint density at radius 1 is 1.00 bits per heavy atom. The quantitative estimate of drug-likeness (QED) is 0.689. The van der Waals surface area contributed by atoms with E-state index in [1.54, 1.807) is 34.9 Å². The van der Waals surface area contributed by atoms with E-state index >= 15 is 0 Å². The number of fused-ring (bicyclic) bond motifs is 1. The number of nitrogens with zero attached hydrogens (tertiary/aromatic N) is 1. The lowest BCUT2D eigenvalue weighted by Gasteiger charge is -2.10. The van der Waals surface area contributed by atoms with Crippen LogP contribution in [0, 0.1) is 0 Å². The first kappa shape index (κ1) is 15.2. The minimum atomic E-state index is -1.06. The predicted molar refractivity (Wildman–Crippen MR) is 89.5 cm³/mol. The Kier molecular flexibility index (Phi) is 4.04. The van der Waals surface area contributed by atoms with Gasteiger partial charge in [0.2, 0.25) is 0 Å². The van der Waals surface area contributed by atoms with E-state index in [1.807, 2.05) is 12.1 Å². The Morgan fingerprint density at radius 3 is 2.27 bits per heavy atom. The summed E-state index contributed by atoms with van der Waals surface area (Å²) >= 11 is 18.7. The first-order chi connectivity index (χ1) is 10.5. The summed E-state index contributed by atoms with van der Waals surface area (Å²) in [6, 6.07) is 12.4. The minimum Gasteiger partial charge on any atom is -0.478 e. The molecule has 2 aromatic carbocycles. The maximum absolute atomic E-state index is 11.5. The van der Waals surface area contributed by atoms with Gasteiger partial charge in [-0.3, -0.25) is 0 Å². The van der Waals surface area contributed by atoms with Crippen LogP contribution in [0.5, 0.6) is 0 Å². The number of rotatable bonds is 3. The van der Waals surface area contributed by atoms with Crippen molar-refractivity contribution in [3.05, 3.63) is 68.8 Å². The number of benzene rings is 2. The SMILES string of the molecule is O=C(O)c1c(Cl)n(Cc2c(Cl)cccc2Cl)c2ccccc12. The van der Waals surface area contributed by atoms with Gasteiger partial charge in [0.15, 0.2) is 0 Å². The molecular weight excluding hydrogens is 345 g/mol. The van der Waals surface area contributed by atoms with Gasteiger partial charge >= 0.3 is 5.97 Å². The molecule has 0 fully saturated rings. The van der Waals surface area contributed by atoms with Crippen molar-refractivity contribution in [2.24, 2.45) is 0 Å². The zero-order valence-corrected chi connectivity index (χ0v) is 13.5. The van der Waals surface area contributed by atoms with Crippen LogP contribution in [0.4, 0.5) is 0 Å². The predicted octanol–water partition coefficient (Wildman–Crippen LogP) is 5.35. The van der Waals surface area contributed by atoms with Crippen molar-refractivity contribution in [3.63, 3.8) is 0 Å². The Morgan fingerprint density at radius 2 is 1.64 bits per heavy atom. The van der Waals surface area contributed by atoms with Crippen molar-refractivity contribution in [1.29, 1.82) is 0 Å². The highest BCUT2D eigenvalue weighted by molar-refractivity contribution is 6.36. The molecule has 0 amide bonds. The number of aromatic carboxylic acids is 1. The van der Waals surface area contributed by atoms with Crippen molar-refractivity contribution < 1.29 is 9.90 Å². The van der Waals surface area contributed by atoms with Gasteiger partial charge in [0.25, 0.3) is 0 Å². The van der Waals surface area contributed by atoms with E-state index < -0.39 is 5.97 Å². The maximum atomic E-state index is 11.5. The normalized spacial score (nSPS) is 11.0. The van der Waals surface area contributed by atoms with Crippen molar-refractivity contribution in [2.45, 2.75) is 6.54 Å². The molecular formula is C16H10Cl3NO2. The molecule has 6 heteroatoms. The molecule has 0 aliphatic rings. The van der Waals surface area contributed by atoms with Gasteiger partial charge in [-0.2, -0.15) is 0 Å². The highest BCUT2D eigenvalue weighted by Gasteiger charge is 2.21. The van der Waals surface area contributed by atoms with Crippen LogP contribution in [-0.4, -0.2) is 15.6 Å². The van der Waals surface area contributed by atoms with Crippen LogP contribution >= 0.6 is 34.8 Å². The molecule has 3 aromatic rings. The van der Waals surface area contributed by atoms with Gasteiger partial charge in [-0.05, 0) is 18.2 Å². The zero-order chi connectivity index (χ0) is 15.9. The molecule has 0 radical (unpaired) electrons. The first-order valence-electron chi connectivity index (χ1n) is 6.43. The second-order valence-electron chi connectivity index (χ2n) is 4.77. The van der Waals surface area contributed by atoms with Crippen LogP contribution in [0.25, 0.3) is 10.9 Å². The molecule has 1 aromatic heterocycles. The lowest BCUT2D eigenvalue weighted by Crippen LogP contribution is -2.03. The molecule has 0 saturated heterocycles. The third kappa shape index (κ3) is 2.45. The molecule has 3 rings (SSSR count). The Labute approximate surface area is 141 Å². The van der Waals surface area contributed by atoms with Crippen LogP contribution in [0.3, 0.4) is 0 Å². The van der Waals surface area contributed by atoms with E-state index in [1.165, 1.54) is 0 Å². The fraction of sp³-hybridized carbons (Fsp3) is 0.0625. The largest absolute Gasteiger partial charge is 0.478 e. The van der Waals surface area contributed by atoms with E-state index in [0.29, 0.717) is 27.5 Å². The molecule has 1 N–H and O–H groups in total. The molecule has 0 aliphatic carbocycles. The standard InChI is InChI=1S/C16H10Cl3NO2/c17-11-5-3-6-12(18)10(11)8-20-13-7-2-1-4-9(13)14(15(20)19)16(21)22/h1-7H,8H2,(H,21,22). The summed E-state index contributed by atoms with van der Waals surface area (Å²) < 4.78 is 1.70. The van der Waals surface area contributed by atoms with E-state index in [9.17, 15) is 9.90 Å². The number of para-hydroxylation sites is 1. The molecule has 0 aliphatic heterocycles. The van der Waals surface area contributed by atoms with Crippen molar-refractivity contribution >= 4 is 51.7 Å². The third-order valence-corrected chi connectivity index (χ3v) is 4.60. The van der Waals surface area contributed by atoms with Gasteiger partial charge in [0.05, 0.1) is 12.1 Å². The van der Waals surface area contributed by atoms with Crippen molar-refractivity contribution in [2.75, 3.05) is 0 Å². The number of aromatic nitrogens is 1. The molecule has 22 heavy (non-hydrogen) atoms. The van der Waals surface area contributed by atoms with Gasteiger partial charge < -0.3 is 9.67 Å². The Bertz CT molecular complexity index is 866. The topological polar surface area (TPSA) is 42.2 Å². The number of hydrogen-bond acceptors (Lipinski definition) is 1. The van der Waals surface area contributed by atoms with Crippen LogP contribution in [0.2, 0.25) is 15.2 Å². The van der Waals surface area contributed by atoms with E-state index in [4.69, 9.17) is 34.8 Å². The van der Waals surface area contributed by atoms with Crippen LogP contribution in [-0.2, 0) is 6.54 Å². The van der Waals surface area contributed by atoms with Crippen LogP contribution in [0.15, 0.2) is 42.5 Å². The lowest BCUT2D eigenvalue weighted by molar-refractivity contribution is 0.0699. The van der Waals surface area contributed by atoms with Crippen molar-refractivity contribution in [1.82, 2.24) is 4.57 Å². The minimum absolute atomic E-state index is 0.0837. The summed E-state index contributed by atoms with van der Waals surface area (Å²) in [5.74, 6) is -1.06. The summed E-state index contributed by atoms with van der Waals surface area (Å²) in [4.78, 5) is 11.5. The summed E-state index contributed by atoms with van der Waals surface area (Å²) in [6.07, 6.45) is 0. The second-order valence-corrected chi connectivity index (χ2v) is 5.95. The number of halogens is 3. The number of carboxylic acids is 1. The van der Waals surface area contributed by atoms with Crippen LogP contribution in [0.1, 0.15) is 15.9 Å². The monoisotopic (exact) mass is 353 g/mol. The average Bonchev–Trinajstić information content (AvgIpc) is 2.75. The molecule has 0 bridgehead atoms. The Balaban J connectivity index is 2.24. The summed E-state index contributed by atoms with van der Waals surface area (Å²) in [7, 11) is 0. The molecule has 0 saturated carbocycles. The third-order valence-electron chi connectivity index (χ3n) is 3.50.